The van der Waals surface area contributed by atoms with E-state index in [-0.39, 0.29) is 6.01 Å². The average molecular weight is 230 g/mol. The minimum Gasteiger partial charge on any atom is -0.421 e. The van der Waals surface area contributed by atoms with E-state index in [0.717, 1.165) is 17.0 Å². The zero-order valence-corrected chi connectivity index (χ0v) is 10.1. The minimum absolute atomic E-state index is 0.213. The monoisotopic (exact) mass is 230 g/mol. The number of nitrogens with two attached hydrogens (primary N) is 1. The van der Waals surface area contributed by atoms with Gasteiger partial charge in [-0.1, -0.05) is 11.2 Å². The van der Waals surface area contributed by atoms with Gasteiger partial charge in [-0.25, -0.2) is 0 Å². The summed E-state index contributed by atoms with van der Waals surface area (Å²) >= 11 is 0. The van der Waals surface area contributed by atoms with Crippen molar-refractivity contribution in [3.63, 3.8) is 0 Å². The molecule has 1 heterocycles. The molecule has 0 amide bonds. The molecule has 0 unspecified atom stereocenters. The highest BCUT2D eigenvalue weighted by molar-refractivity contribution is 5.54. The van der Waals surface area contributed by atoms with Gasteiger partial charge >= 0.3 is 6.01 Å². The Bertz CT molecular complexity index is 554. The molecule has 0 saturated heterocycles. The van der Waals surface area contributed by atoms with E-state index in [9.17, 15) is 0 Å². The number of nitrogens with zero attached hydrogens (tertiary/aromatic N) is 3. The molecule has 17 heavy (non-hydrogen) atoms. The first-order valence-corrected chi connectivity index (χ1v) is 5.28. The van der Waals surface area contributed by atoms with Crippen molar-refractivity contribution >= 4 is 5.69 Å². The van der Waals surface area contributed by atoms with Crippen LogP contribution in [0.1, 0.15) is 17.0 Å². The molecule has 0 aliphatic heterocycles. The highest BCUT2D eigenvalue weighted by atomic mass is 16.5. The number of aryl methyl sites for hydroxylation is 3. The molecule has 2 N–H and O–H groups in total. The molecule has 1 aromatic heterocycles. The fourth-order valence-corrected chi connectivity index (χ4v) is 1.31. The van der Waals surface area contributed by atoms with E-state index in [4.69, 9.17) is 10.5 Å². The van der Waals surface area contributed by atoms with E-state index < -0.39 is 0 Å². The smallest absolute Gasteiger partial charge is 0.341 e. The number of nitrogen functional groups attached to an aromatic ring is 1. The quantitative estimate of drug-likeness (QED) is 0.800. The SMILES string of the molecule is Cc1ccc(N)c(Oc2nnc(C)c(C)n2)c1. The van der Waals surface area contributed by atoms with Crippen LogP contribution in [0.3, 0.4) is 0 Å². The topological polar surface area (TPSA) is 73.9 Å². The molecule has 0 bridgehead atoms. The number of hydrogen-bond acceptors (Lipinski definition) is 5. The average Bonchev–Trinajstić information content (AvgIpc) is 2.29. The lowest BCUT2D eigenvalue weighted by Crippen LogP contribution is -2.01. The maximum atomic E-state index is 5.80. The molecule has 1 aromatic carbocycles. The van der Waals surface area contributed by atoms with Crippen molar-refractivity contribution in [2.45, 2.75) is 20.8 Å². The molecule has 0 atom stereocenters. The standard InChI is InChI=1S/C12H14N4O/c1-7-4-5-10(13)11(6-7)17-12-14-8(2)9(3)15-16-12/h4-6H,13H2,1-3H3. The number of rotatable bonds is 2. The second-order valence-corrected chi connectivity index (χ2v) is 3.91. The number of ether oxygens (including phenoxy) is 1. The predicted octanol–water partition coefficient (Wildman–Crippen LogP) is 2.17. The maximum Gasteiger partial charge on any atom is 0.341 e. The molecule has 2 rings (SSSR count). The summed E-state index contributed by atoms with van der Waals surface area (Å²) in [5, 5.41) is 7.81. The van der Waals surface area contributed by atoms with E-state index in [1.54, 1.807) is 6.07 Å². The summed E-state index contributed by atoms with van der Waals surface area (Å²) in [6, 6.07) is 5.76. The normalized spacial score (nSPS) is 10.3. The van der Waals surface area contributed by atoms with Gasteiger partial charge in [0.05, 0.1) is 17.1 Å². The second kappa shape index (κ2) is 4.37. The molecule has 0 saturated carbocycles. The first-order chi connectivity index (χ1) is 8.06. The molecule has 0 aliphatic carbocycles. The van der Waals surface area contributed by atoms with Crippen LogP contribution in [0, 0.1) is 20.8 Å². The lowest BCUT2D eigenvalue weighted by Gasteiger charge is -2.07. The van der Waals surface area contributed by atoms with E-state index in [2.05, 4.69) is 15.2 Å². The summed E-state index contributed by atoms with van der Waals surface area (Å²) in [5.41, 5.74) is 9.00. The van der Waals surface area contributed by atoms with Crippen molar-refractivity contribution < 1.29 is 4.74 Å². The van der Waals surface area contributed by atoms with Crippen LogP contribution < -0.4 is 10.5 Å². The second-order valence-electron chi connectivity index (χ2n) is 3.91. The van der Waals surface area contributed by atoms with Gasteiger partial charge in [-0.05, 0) is 38.5 Å². The van der Waals surface area contributed by atoms with Gasteiger partial charge < -0.3 is 10.5 Å². The van der Waals surface area contributed by atoms with Gasteiger partial charge in [-0.3, -0.25) is 0 Å². The Morgan fingerprint density at radius 2 is 1.82 bits per heavy atom. The van der Waals surface area contributed by atoms with Crippen LogP contribution in [0.25, 0.3) is 0 Å². The van der Waals surface area contributed by atoms with Gasteiger partial charge in [0.1, 0.15) is 0 Å². The Morgan fingerprint density at radius 1 is 1.06 bits per heavy atom. The van der Waals surface area contributed by atoms with E-state index >= 15 is 0 Å². The zero-order valence-electron chi connectivity index (χ0n) is 10.1. The van der Waals surface area contributed by atoms with E-state index in [0.29, 0.717) is 11.4 Å². The van der Waals surface area contributed by atoms with Crippen molar-refractivity contribution in [1.29, 1.82) is 0 Å². The number of benzene rings is 1. The van der Waals surface area contributed by atoms with Gasteiger partial charge in [0.25, 0.3) is 0 Å². The molecule has 5 nitrogen and oxygen atoms in total. The Morgan fingerprint density at radius 3 is 2.53 bits per heavy atom. The summed E-state index contributed by atoms with van der Waals surface area (Å²) in [6.45, 7) is 5.67. The Kier molecular flexibility index (Phi) is 2.91. The third-order valence-electron chi connectivity index (χ3n) is 2.44. The van der Waals surface area contributed by atoms with Crippen LogP contribution in [0.2, 0.25) is 0 Å². The van der Waals surface area contributed by atoms with Crippen molar-refractivity contribution in [2.24, 2.45) is 0 Å². The maximum absolute atomic E-state index is 5.80. The van der Waals surface area contributed by atoms with Crippen LogP contribution in [0.4, 0.5) is 5.69 Å². The summed E-state index contributed by atoms with van der Waals surface area (Å²) < 4.78 is 5.52. The van der Waals surface area contributed by atoms with Crippen LogP contribution in [-0.2, 0) is 0 Å². The van der Waals surface area contributed by atoms with Gasteiger partial charge in [-0.2, -0.15) is 4.98 Å². The summed E-state index contributed by atoms with van der Waals surface area (Å²) in [7, 11) is 0. The predicted molar refractivity (Wildman–Crippen MR) is 65.0 cm³/mol. The summed E-state index contributed by atoms with van der Waals surface area (Å²) in [5.74, 6) is 0.551. The first kappa shape index (κ1) is 11.3. The number of aromatic nitrogens is 3. The van der Waals surface area contributed by atoms with Crippen LogP contribution in [-0.4, -0.2) is 15.2 Å². The lowest BCUT2D eigenvalue weighted by atomic mass is 10.2. The Labute approximate surface area is 99.7 Å². The molecular formula is C12H14N4O. The molecule has 0 spiro atoms. The van der Waals surface area contributed by atoms with Gasteiger partial charge in [0.2, 0.25) is 0 Å². The number of hydrogen-bond donors (Lipinski definition) is 1. The van der Waals surface area contributed by atoms with Crippen LogP contribution in [0.15, 0.2) is 18.2 Å². The highest BCUT2D eigenvalue weighted by Gasteiger charge is 2.07. The molecule has 88 valence electrons. The lowest BCUT2D eigenvalue weighted by molar-refractivity contribution is 0.432. The van der Waals surface area contributed by atoms with Gasteiger partial charge in [0, 0.05) is 0 Å². The molecular weight excluding hydrogens is 216 g/mol. The Hall–Kier alpha value is -2.17. The fraction of sp³-hybridized carbons (Fsp3) is 0.250. The molecule has 2 aromatic rings. The summed E-state index contributed by atoms with van der Waals surface area (Å²) in [4.78, 5) is 4.19. The van der Waals surface area contributed by atoms with Gasteiger partial charge in [-0.15, -0.1) is 5.10 Å². The minimum atomic E-state index is 0.213. The van der Waals surface area contributed by atoms with Crippen molar-refractivity contribution in [1.82, 2.24) is 15.2 Å². The molecule has 5 heteroatoms. The van der Waals surface area contributed by atoms with Crippen LogP contribution >= 0.6 is 0 Å². The summed E-state index contributed by atoms with van der Waals surface area (Å²) in [6.07, 6.45) is 0. The zero-order chi connectivity index (χ0) is 12.4. The third-order valence-corrected chi connectivity index (χ3v) is 2.44. The molecule has 0 aliphatic rings. The van der Waals surface area contributed by atoms with E-state index in [1.165, 1.54) is 0 Å². The van der Waals surface area contributed by atoms with Crippen molar-refractivity contribution in [2.75, 3.05) is 5.73 Å². The molecule has 0 radical (unpaired) electrons. The fourth-order valence-electron chi connectivity index (χ4n) is 1.31. The first-order valence-electron chi connectivity index (χ1n) is 5.28. The van der Waals surface area contributed by atoms with Gasteiger partial charge in [0.15, 0.2) is 5.75 Å². The van der Waals surface area contributed by atoms with Crippen molar-refractivity contribution in [3.8, 4) is 11.8 Å². The Balaban J connectivity index is 2.31. The highest BCUT2D eigenvalue weighted by Crippen LogP contribution is 2.26. The molecule has 0 fully saturated rings. The van der Waals surface area contributed by atoms with Crippen molar-refractivity contribution in [3.05, 3.63) is 35.2 Å². The largest absolute Gasteiger partial charge is 0.421 e. The van der Waals surface area contributed by atoms with Crippen LogP contribution in [0.5, 0.6) is 11.8 Å². The van der Waals surface area contributed by atoms with E-state index in [1.807, 2.05) is 32.9 Å². The number of anilines is 1. The third kappa shape index (κ3) is 2.50.